The third kappa shape index (κ3) is 10.8. The van der Waals surface area contributed by atoms with Gasteiger partial charge in [-0.15, -0.1) is 0 Å². The van der Waals surface area contributed by atoms with Crippen molar-refractivity contribution >= 4 is 57.9 Å². The van der Waals surface area contributed by atoms with Crippen molar-refractivity contribution in [3.8, 4) is 34.3 Å². The number of rotatable bonds is 8. The molecule has 1 fully saturated rings. The number of aliphatic hydroxyl groups is 2. The molecule has 1 aromatic heterocycles. The number of benzene rings is 3. The second-order valence-electron chi connectivity index (χ2n) is 19.2. The van der Waals surface area contributed by atoms with Crippen LogP contribution in [0.15, 0.2) is 70.0 Å². The van der Waals surface area contributed by atoms with Gasteiger partial charge in [-0.1, -0.05) is 74.8 Å². The number of aromatic carboxylic acids is 1. The fourth-order valence-corrected chi connectivity index (χ4v) is 9.81. The summed E-state index contributed by atoms with van der Waals surface area (Å²) in [7, 11) is 1.42. The number of anilines is 1. The van der Waals surface area contributed by atoms with Crippen molar-refractivity contribution in [1.82, 2.24) is 15.1 Å². The number of phenols is 3. The van der Waals surface area contributed by atoms with Crippen molar-refractivity contribution in [3.05, 3.63) is 93.4 Å². The van der Waals surface area contributed by atoms with Crippen LogP contribution in [0.3, 0.4) is 0 Å². The van der Waals surface area contributed by atoms with E-state index in [1.54, 1.807) is 69.1 Å². The van der Waals surface area contributed by atoms with Crippen molar-refractivity contribution < 1.29 is 73.3 Å². The van der Waals surface area contributed by atoms with Gasteiger partial charge in [0, 0.05) is 97.9 Å². The molecule has 9 atom stereocenters. The molecule has 0 saturated carbocycles. The minimum atomic E-state index is -2.12. The first-order chi connectivity index (χ1) is 35.0. The number of methoxy groups -OCH3 is 1. The van der Waals surface area contributed by atoms with Gasteiger partial charge < -0.3 is 59.4 Å². The van der Waals surface area contributed by atoms with Gasteiger partial charge in [-0.05, 0) is 32.1 Å². The van der Waals surface area contributed by atoms with Crippen LogP contribution in [0, 0.1) is 30.6 Å². The van der Waals surface area contributed by atoms with Crippen LogP contribution in [0.5, 0.6) is 23.0 Å². The molecule has 5 bridgehead atoms. The van der Waals surface area contributed by atoms with Gasteiger partial charge in [-0.2, -0.15) is 5.10 Å². The number of allylic oxidation sites excluding steroid dienone is 2. The number of aliphatic hydroxyl groups excluding tert-OH is 2. The van der Waals surface area contributed by atoms with Crippen LogP contribution in [-0.4, -0.2) is 139 Å². The van der Waals surface area contributed by atoms with E-state index >= 15 is 0 Å². The van der Waals surface area contributed by atoms with Gasteiger partial charge in [0.15, 0.2) is 11.5 Å². The third-order valence-electron chi connectivity index (χ3n) is 14.2. The topological polar surface area (TPSA) is 283 Å². The number of nitrogens with zero attached hydrogens (tertiary/aromatic N) is 4. The Morgan fingerprint density at radius 1 is 0.946 bits per heavy atom. The highest BCUT2D eigenvalue weighted by Crippen LogP contribution is 2.55. The molecule has 1 saturated heterocycles. The Bertz CT molecular complexity index is 2940. The number of esters is 1. The molecule has 74 heavy (non-hydrogen) atoms. The lowest BCUT2D eigenvalue weighted by Gasteiger charge is -2.38. The Morgan fingerprint density at radius 2 is 1.62 bits per heavy atom. The molecule has 0 radical (unpaired) electrons. The summed E-state index contributed by atoms with van der Waals surface area (Å²) in [4.78, 5) is 55.4. The van der Waals surface area contributed by atoms with Crippen LogP contribution < -0.4 is 10.1 Å². The first-order valence-corrected chi connectivity index (χ1v) is 24.4. The van der Waals surface area contributed by atoms with E-state index < -0.39 is 94.8 Å². The smallest absolute Gasteiger partial charge is 0.341 e. The number of ether oxygens (including phenoxy) is 4. The maximum absolute atomic E-state index is 14.7. The number of hydrogen-bond donors (Lipinski definition) is 7. The van der Waals surface area contributed by atoms with E-state index in [0.29, 0.717) is 23.7 Å². The number of halogens is 1. The summed E-state index contributed by atoms with van der Waals surface area (Å²) in [5.41, 5.74) is -0.124. The van der Waals surface area contributed by atoms with Crippen LogP contribution in [0.2, 0.25) is 5.02 Å². The molecule has 21 heteroatoms. The Hall–Kier alpha value is -6.97. The molecule has 3 aromatic carbocycles. The molecular weight excluding hydrogens is 982 g/mol. The number of nitrogens with one attached hydrogen (secondary N) is 1. The van der Waals surface area contributed by atoms with E-state index in [1.165, 1.54) is 59.4 Å². The van der Waals surface area contributed by atoms with Gasteiger partial charge in [-0.3, -0.25) is 24.3 Å². The molecule has 7 N–H and O–H groups in total. The number of aromatic hydroxyl groups is 3. The number of carboxylic acid groups (broad SMARTS) is 1. The lowest BCUT2D eigenvalue weighted by atomic mass is 9.78. The van der Waals surface area contributed by atoms with Crippen molar-refractivity contribution in [2.24, 2.45) is 28.8 Å². The van der Waals surface area contributed by atoms with Gasteiger partial charge >= 0.3 is 17.7 Å². The predicted octanol–water partition coefficient (Wildman–Crippen LogP) is 6.91. The Balaban J connectivity index is 1.27. The minimum Gasteiger partial charge on any atom is -0.507 e. The van der Waals surface area contributed by atoms with Crippen molar-refractivity contribution in [1.29, 1.82) is 0 Å². The second-order valence-corrected chi connectivity index (χ2v) is 19.7. The molecule has 0 unspecified atom stereocenters. The standard InChI is InChI=1S/C53H62ClN5O15/c1-25-11-10-12-26(2)51(67)56-42-34(23-55-59-20-18-58(19-21-59)24-36-37(52(68)69)41(57-74-36)32-13-15-33(54)16-14-32)46(64)38-39(47(42)65)45(63)30(6)49-40(38)50(66)53(8,73-49)71-22-17-35(70-9)27(3)48(72-31(7)60)29(5)44(62)28(4)43(25)61/h10-17,22-23,25,27-29,35,43-44,48,61-65H,18-21,24H2,1-9H3,(H,56,67)(H,68,69)/b11-10+,22-17+,26-12-,55-23+/t25-,27+,28+,29+,35-,43-,44+,48+,53-/m0/s1. The maximum atomic E-state index is 14.7. The zero-order chi connectivity index (χ0) is 54.1. The lowest BCUT2D eigenvalue weighted by molar-refractivity contribution is -0.160. The first kappa shape index (κ1) is 54.8. The van der Waals surface area contributed by atoms with Crippen molar-refractivity contribution in [2.75, 3.05) is 38.6 Å². The van der Waals surface area contributed by atoms with E-state index in [1.807, 2.05) is 4.90 Å². The lowest BCUT2D eigenvalue weighted by Crippen LogP contribution is -2.46. The number of carbonyl (C=O) groups is 4. The van der Waals surface area contributed by atoms with Gasteiger partial charge in [0.25, 0.3) is 11.7 Å². The number of phenolic OH excluding ortho intramolecular Hbond substituents is 3. The molecular formula is C53H62ClN5O15. The molecule has 4 aliphatic rings. The fourth-order valence-electron chi connectivity index (χ4n) is 9.68. The summed E-state index contributed by atoms with van der Waals surface area (Å²) in [6.07, 6.45) is 4.46. The van der Waals surface area contributed by atoms with Crippen LogP contribution in [0.1, 0.15) is 86.1 Å². The van der Waals surface area contributed by atoms with Gasteiger partial charge in [0.05, 0.1) is 59.5 Å². The Kier molecular flexibility index (Phi) is 16.5. The van der Waals surface area contributed by atoms with Crippen LogP contribution >= 0.6 is 11.6 Å². The third-order valence-corrected chi connectivity index (χ3v) is 14.4. The molecule has 20 nitrogen and oxygen atoms in total. The monoisotopic (exact) mass is 1040 g/mol. The highest BCUT2D eigenvalue weighted by atomic mass is 35.5. The normalized spacial score (nSPS) is 27.9. The molecule has 4 aliphatic heterocycles. The van der Waals surface area contributed by atoms with E-state index in [0.717, 1.165) is 0 Å². The second kappa shape index (κ2) is 22.2. The van der Waals surface area contributed by atoms with Crippen LogP contribution in [-0.2, 0) is 30.3 Å². The fraction of sp³-hybridized carbons (Fsp3) is 0.434. The minimum absolute atomic E-state index is 0.00265. The quantitative estimate of drug-likeness (QED) is 0.0408. The number of Topliss-reactive ketones (excluding diaryl/α,β-unsaturated/α-hetero) is 1. The van der Waals surface area contributed by atoms with E-state index in [2.05, 4.69) is 15.6 Å². The molecule has 0 spiro atoms. The average molecular weight is 1040 g/mol. The average Bonchev–Trinajstić information content (AvgIpc) is 3.91. The molecule has 0 aliphatic carbocycles. The zero-order valence-corrected chi connectivity index (χ0v) is 43.2. The molecule has 396 valence electrons. The largest absolute Gasteiger partial charge is 0.507 e. The van der Waals surface area contributed by atoms with E-state index in [9.17, 15) is 49.8 Å². The maximum Gasteiger partial charge on any atom is 0.341 e. The number of aromatic nitrogens is 1. The van der Waals surface area contributed by atoms with Gasteiger partial charge in [-0.25, -0.2) is 4.79 Å². The predicted molar refractivity (Wildman–Crippen MR) is 272 cm³/mol. The summed E-state index contributed by atoms with van der Waals surface area (Å²) in [5, 5.41) is 82.2. The first-order valence-electron chi connectivity index (χ1n) is 24.1. The molecule has 8 rings (SSSR count). The number of fused-ring (bicyclic) bond motifs is 14. The van der Waals surface area contributed by atoms with Crippen LogP contribution in [0.25, 0.3) is 22.0 Å². The SMILES string of the molecule is CO[C@H]1/C=C/O[C@@]2(C)Oc3c(C)c(O)c4c(O)c(c(/C=N/N5CCN(Cc6onc(-c7ccc(Cl)cc7)c6C(=O)O)CC5)c(O)c4c3C2=O)NC(=O)/C(C)=C\C=C\[C@H](C)[C@H](O)[C@@H](C)[C@@H](O)[C@@H](C)[C@H](OC(C)=O)[C@@H]1C. The number of hydrogen-bond acceptors (Lipinski definition) is 18. The summed E-state index contributed by atoms with van der Waals surface area (Å²) in [6, 6.07) is 6.54. The number of hydrazone groups is 1. The van der Waals surface area contributed by atoms with Crippen LogP contribution in [0.4, 0.5) is 5.69 Å². The number of carboxylic acids is 1. The van der Waals surface area contributed by atoms with Crippen molar-refractivity contribution in [2.45, 2.75) is 92.1 Å². The highest BCUT2D eigenvalue weighted by Gasteiger charge is 2.50. The number of amides is 1. The summed E-state index contributed by atoms with van der Waals surface area (Å²) >= 11 is 6.04. The number of carbonyl (C=O) groups excluding carboxylic acids is 3. The Morgan fingerprint density at radius 3 is 2.26 bits per heavy atom. The van der Waals surface area contributed by atoms with E-state index in [-0.39, 0.29) is 81.1 Å². The molecule has 1 amide bonds. The highest BCUT2D eigenvalue weighted by molar-refractivity contribution is 6.30. The number of ketones is 1. The summed E-state index contributed by atoms with van der Waals surface area (Å²) in [6.45, 7) is 13.8. The summed E-state index contributed by atoms with van der Waals surface area (Å²) in [5.74, 6) is -10.1. The zero-order valence-electron chi connectivity index (χ0n) is 42.5. The molecule has 5 heterocycles. The van der Waals surface area contributed by atoms with Gasteiger partial charge in [0.2, 0.25) is 0 Å². The summed E-state index contributed by atoms with van der Waals surface area (Å²) < 4.78 is 29.3. The molecule has 4 aromatic rings. The van der Waals surface area contributed by atoms with E-state index in [4.69, 9.17) is 35.1 Å². The number of piperazine rings is 1. The van der Waals surface area contributed by atoms with Gasteiger partial charge in [0.1, 0.15) is 34.6 Å². The van der Waals surface area contributed by atoms with Crippen molar-refractivity contribution in [3.63, 3.8) is 0 Å². The Labute approximate surface area is 432 Å².